The van der Waals surface area contributed by atoms with Crippen LogP contribution in [-0.4, -0.2) is 17.6 Å². The van der Waals surface area contributed by atoms with Gasteiger partial charge in [0, 0.05) is 23.2 Å². The number of ether oxygens (including phenoxy) is 1. The van der Waals surface area contributed by atoms with E-state index in [2.05, 4.69) is 34.6 Å². The Balaban J connectivity index is 1.45. The number of aromatic nitrogens is 1. The second-order valence-electron chi connectivity index (χ2n) is 6.97. The summed E-state index contributed by atoms with van der Waals surface area (Å²) in [5.41, 5.74) is 8.96. The molecule has 3 N–H and O–H groups in total. The summed E-state index contributed by atoms with van der Waals surface area (Å²) in [5, 5.41) is 4.70. The van der Waals surface area contributed by atoms with Gasteiger partial charge in [0.25, 0.3) is 0 Å². The van der Waals surface area contributed by atoms with Crippen molar-refractivity contribution in [3.05, 3.63) is 60.2 Å². The highest BCUT2D eigenvalue weighted by Crippen LogP contribution is 2.26. The summed E-state index contributed by atoms with van der Waals surface area (Å²) in [6.07, 6.45) is 6.09. The molecule has 1 heterocycles. The average Bonchev–Trinajstić information content (AvgIpc) is 3.17. The van der Waals surface area contributed by atoms with E-state index in [-0.39, 0.29) is 0 Å². The molecule has 3 aromatic rings. The number of nitrogens with zero attached hydrogens (tertiary/aromatic N) is 1. The first kappa shape index (κ1) is 16.9. The molecule has 4 rings (SSSR count). The molecule has 0 bridgehead atoms. The van der Waals surface area contributed by atoms with Gasteiger partial charge < -0.3 is 15.8 Å². The largest absolute Gasteiger partial charge is 0.439 e. The lowest BCUT2D eigenvalue weighted by Crippen LogP contribution is -2.14. The van der Waals surface area contributed by atoms with E-state index >= 15 is 0 Å². The Bertz CT molecular complexity index is 870. The second kappa shape index (κ2) is 7.75. The Labute approximate surface area is 154 Å². The molecule has 134 valence electrons. The number of hydrogen-bond acceptors (Lipinski definition) is 4. The predicted octanol–water partition coefficient (Wildman–Crippen LogP) is 4.88. The van der Waals surface area contributed by atoms with Crippen molar-refractivity contribution in [2.75, 3.05) is 11.9 Å². The van der Waals surface area contributed by atoms with E-state index in [1.807, 2.05) is 30.3 Å². The van der Waals surface area contributed by atoms with Gasteiger partial charge in [0.2, 0.25) is 5.88 Å². The summed E-state index contributed by atoms with van der Waals surface area (Å²) >= 11 is 0. The third-order valence-corrected chi connectivity index (χ3v) is 4.96. The van der Waals surface area contributed by atoms with Gasteiger partial charge in [-0.25, -0.2) is 4.98 Å². The van der Waals surface area contributed by atoms with Gasteiger partial charge >= 0.3 is 0 Å². The highest BCUT2D eigenvalue weighted by atomic mass is 16.5. The highest BCUT2D eigenvalue weighted by Gasteiger charge is 2.14. The first-order valence-corrected chi connectivity index (χ1v) is 9.44. The van der Waals surface area contributed by atoms with Gasteiger partial charge in [-0.1, -0.05) is 18.9 Å². The zero-order valence-corrected chi connectivity index (χ0v) is 14.9. The highest BCUT2D eigenvalue weighted by molar-refractivity contribution is 5.79. The Morgan fingerprint density at radius 3 is 2.58 bits per heavy atom. The minimum atomic E-state index is 0.612. The molecule has 0 unspecified atom stereocenters. The molecular formula is C22H25N3O. The molecule has 0 radical (unpaired) electrons. The molecule has 0 spiro atoms. The number of benzene rings is 2. The molecule has 4 nitrogen and oxygen atoms in total. The van der Waals surface area contributed by atoms with E-state index in [0.717, 1.165) is 28.8 Å². The van der Waals surface area contributed by atoms with Crippen LogP contribution in [0.3, 0.4) is 0 Å². The predicted molar refractivity (Wildman–Crippen MR) is 107 cm³/mol. The number of anilines is 1. The van der Waals surface area contributed by atoms with E-state index in [4.69, 9.17) is 10.5 Å². The SMILES string of the molecule is NCCc1ccc2nc(Oc3ccc(NC4CCCC4)cc3)ccc2c1. The molecule has 1 saturated carbocycles. The van der Waals surface area contributed by atoms with Crippen molar-refractivity contribution in [3.63, 3.8) is 0 Å². The zero-order valence-electron chi connectivity index (χ0n) is 14.9. The van der Waals surface area contributed by atoms with Crippen LogP contribution in [0.1, 0.15) is 31.2 Å². The summed E-state index contributed by atoms with van der Waals surface area (Å²) in [4.78, 5) is 4.61. The minimum absolute atomic E-state index is 0.612. The maximum absolute atomic E-state index is 5.93. The molecule has 2 aromatic carbocycles. The van der Waals surface area contributed by atoms with Gasteiger partial charge in [-0.2, -0.15) is 0 Å². The van der Waals surface area contributed by atoms with Crippen molar-refractivity contribution < 1.29 is 4.74 Å². The molecule has 1 aromatic heterocycles. The summed E-state index contributed by atoms with van der Waals surface area (Å²) in [7, 11) is 0. The third-order valence-electron chi connectivity index (χ3n) is 4.96. The van der Waals surface area contributed by atoms with Gasteiger partial charge in [-0.15, -0.1) is 0 Å². The first-order chi connectivity index (χ1) is 12.8. The molecule has 0 atom stereocenters. The monoisotopic (exact) mass is 347 g/mol. The Morgan fingerprint density at radius 1 is 1.00 bits per heavy atom. The van der Waals surface area contributed by atoms with Crippen molar-refractivity contribution in [2.24, 2.45) is 5.73 Å². The number of fused-ring (bicyclic) bond motifs is 1. The molecule has 1 aliphatic carbocycles. The molecule has 1 fully saturated rings. The number of nitrogens with one attached hydrogen (secondary N) is 1. The molecular weight excluding hydrogens is 322 g/mol. The fraction of sp³-hybridized carbons (Fsp3) is 0.318. The van der Waals surface area contributed by atoms with Gasteiger partial charge in [0.05, 0.1) is 5.52 Å². The molecule has 4 heteroatoms. The number of pyridine rings is 1. The van der Waals surface area contributed by atoms with E-state index in [0.29, 0.717) is 18.5 Å². The summed E-state index contributed by atoms with van der Waals surface area (Å²) in [5.74, 6) is 1.41. The van der Waals surface area contributed by atoms with Crippen LogP contribution in [0.2, 0.25) is 0 Å². The van der Waals surface area contributed by atoms with Crippen molar-refractivity contribution in [1.82, 2.24) is 4.98 Å². The molecule has 0 saturated heterocycles. The first-order valence-electron chi connectivity index (χ1n) is 9.44. The van der Waals surface area contributed by atoms with E-state index in [9.17, 15) is 0 Å². The molecule has 0 amide bonds. The normalized spacial score (nSPS) is 14.7. The maximum Gasteiger partial charge on any atom is 0.219 e. The van der Waals surface area contributed by atoms with Crippen LogP contribution in [-0.2, 0) is 6.42 Å². The zero-order chi connectivity index (χ0) is 17.8. The lowest BCUT2D eigenvalue weighted by Gasteiger charge is -2.14. The van der Waals surface area contributed by atoms with Crippen LogP contribution in [0.5, 0.6) is 11.6 Å². The van der Waals surface area contributed by atoms with Crippen molar-refractivity contribution in [3.8, 4) is 11.6 Å². The van der Waals surface area contributed by atoms with Gasteiger partial charge in [-0.05, 0) is 73.8 Å². The van der Waals surface area contributed by atoms with E-state index in [1.165, 1.54) is 31.2 Å². The van der Waals surface area contributed by atoms with Crippen LogP contribution < -0.4 is 15.8 Å². The topological polar surface area (TPSA) is 60.2 Å². The lowest BCUT2D eigenvalue weighted by molar-refractivity contribution is 0.465. The van der Waals surface area contributed by atoms with Gasteiger partial charge in [0.1, 0.15) is 5.75 Å². The summed E-state index contributed by atoms with van der Waals surface area (Å²) < 4.78 is 5.93. The molecule has 0 aliphatic heterocycles. The minimum Gasteiger partial charge on any atom is -0.439 e. The quantitative estimate of drug-likeness (QED) is 0.667. The average molecular weight is 347 g/mol. The summed E-state index contributed by atoms with van der Waals surface area (Å²) in [6.45, 7) is 0.658. The molecule has 26 heavy (non-hydrogen) atoms. The van der Waals surface area contributed by atoms with E-state index in [1.54, 1.807) is 0 Å². The van der Waals surface area contributed by atoms with Crippen LogP contribution in [0.4, 0.5) is 5.69 Å². The Morgan fingerprint density at radius 2 is 1.81 bits per heavy atom. The smallest absolute Gasteiger partial charge is 0.219 e. The molecule has 1 aliphatic rings. The number of nitrogens with two attached hydrogens (primary N) is 1. The fourth-order valence-corrected chi connectivity index (χ4v) is 3.58. The Kier molecular flexibility index (Phi) is 5.02. The summed E-state index contributed by atoms with van der Waals surface area (Å²) in [6, 6.07) is 19.0. The fourth-order valence-electron chi connectivity index (χ4n) is 3.58. The number of rotatable bonds is 6. The van der Waals surface area contributed by atoms with Crippen LogP contribution >= 0.6 is 0 Å². The standard InChI is InChI=1S/C22H25N3O/c23-14-13-16-5-11-21-17(15-16)6-12-22(25-21)26-20-9-7-19(8-10-20)24-18-3-1-2-4-18/h5-12,15,18,24H,1-4,13-14,23H2. The van der Waals surface area contributed by atoms with Gasteiger partial charge in [-0.3, -0.25) is 0 Å². The van der Waals surface area contributed by atoms with Crippen LogP contribution in [0.25, 0.3) is 10.9 Å². The maximum atomic E-state index is 5.93. The van der Waals surface area contributed by atoms with E-state index < -0.39 is 0 Å². The second-order valence-corrected chi connectivity index (χ2v) is 6.97. The van der Waals surface area contributed by atoms with Gasteiger partial charge in [0.15, 0.2) is 0 Å². The lowest BCUT2D eigenvalue weighted by atomic mass is 10.1. The Hall–Kier alpha value is -2.59. The van der Waals surface area contributed by atoms with Crippen molar-refractivity contribution >= 4 is 16.6 Å². The van der Waals surface area contributed by atoms with Crippen LogP contribution in [0, 0.1) is 0 Å². The van der Waals surface area contributed by atoms with Crippen molar-refractivity contribution in [1.29, 1.82) is 0 Å². The van der Waals surface area contributed by atoms with Crippen molar-refractivity contribution in [2.45, 2.75) is 38.1 Å². The van der Waals surface area contributed by atoms with Crippen LogP contribution in [0.15, 0.2) is 54.6 Å². The third kappa shape index (κ3) is 3.97. The number of hydrogen-bond donors (Lipinski definition) is 2.